The maximum absolute atomic E-state index is 12.9. The molecule has 0 aromatic heterocycles. The van der Waals surface area contributed by atoms with E-state index < -0.39 is 0 Å². The second-order valence-corrected chi connectivity index (χ2v) is 8.16. The minimum Gasteiger partial charge on any atom is -0.313 e. The smallest absolute Gasteiger partial charge is 0.228 e. The second-order valence-electron chi connectivity index (χ2n) is 8.16. The van der Waals surface area contributed by atoms with Crippen molar-refractivity contribution in [1.29, 1.82) is 0 Å². The molecule has 4 nitrogen and oxygen atoms in total. The van der Waals surface area contributed by atoms with Crippen LogP contribution in [-0.2, 0) is 15.0 Å². The predicted octanol–water partition coefficient (Wildman–Crippen LogP) is 5.09. The molecule has 0 atom stereocenters. The molecule has 0 saturated carbocycles. The molecule has 2 aromatic carbocycles. The maximum Gasteiger partial charge on any atom is 0.228 e. The summed E-state index contributed by atoms with van der Waals surface area (Å²) in [4.78, 5) is 28.8. The number of hydrogen-bond donors (Lipinski definition) is 0. The average molecular weight is 381 g/mol. The number of benzene rings is 2. The number of anilines is 2. The van der Waals surface area contributed by atoms with Gasteiger partial charge in [-0.3, -0.25) is 9.59 Å². The molecule has 2 rings (SSSR count). The van der Waals surface area contributed by atoms with Gasteiger partial charge < -0.3 is 9.80 Å². The van der Waals surface area contributed by atoms with Crippen molar-refractivity contribution in [1.82, 2.24) is 0 Å². The summed E-state index contributed by atoms with van der Waals surface area (Å²) in [6.45, 7) is 12.9. The molecule has 0 N–H and O–H groups in total. The third-order valence-corrected chi connectivity index (χ3v) is 4.86. The molecule has 0 aliphatic carbocycles. The average Bonchev–Trinajstić information content (AvgIpc) is 2.62. The number of rotatable bonds is 6. The predicted molar refractivity (Wildman–Crippen MR) is 117 cm³/mol. The Morgan fingerprint density at radius 1 is 0.964 bits per heavy atom. The van der Waals surface area contributed by atoms with Gasteiger partial charge in [0.25, 0.3) is 0 Å². The van der Waals surface area contributed by atoms with E-state index in [2.05, 4.69) is 26.8 Å². The number of nitrogens with zero attached hydrogens (tertiary/aromatic N) is 2. The lowest BCUT2D eigenvalue weighted by Crippen LogP contribution is -2.37. The lowest BCUT2D eigenvalue weighted by molar-refractivity contribution is -0.118. The topological polar surface area (TPSA) is 40.6 Å². The molecule has 0 unspecified atom stereocenters. The van der Waals surface area contributed by atoms with Crippen LogP contribution in [0.4, 0.5) is 11.4 Å². The van der Waals surface area contributed by atoms with Crippen molar-refractivity contribution in [3.63, 3.8) is 0 Å². The number of para-hydroxylation sites is 1. The molecule has 0 saturated heterocycles. The Morgan fingerprint density at radius 2 is 1.64 bits per heavy atom. The van der Waals surface area contributed by atoms with E-state index >= 15 is 0 Å². The highest BCUT2D eigenvalue weighted by Crippen LogP contribution is 2.32. The first-order chi connectivity index (χ1) is 13.1. The number of aryl methyl sites for hydroxylation is 1. The summed E-state index contributed by atoms with van der Waals surface area (Å²) >= 11 is 0. The summed E-state index contributed by atoms with van der Waals surface area (Å²) in [5, 5.41) is 0. The minimum atomic E-state index is -0.0919. The van der Waals surface area contributed by atoms with Gasteiger partial charge in [-0.25, -0.2) is 0 Å². The fourth-order valence-electron chi connectivity index (χ4n) is 3.43. The lowest BCUT2D eigenvalue weighted by Gasteiger charge is -2.30. The Kier molecular flexibility index (Phi) is 7.00. The van der Waals surface area contributed by atoms with E-state index in [1.54, 1.807) is 16.7 Å². The van der Waals surface area contributed by atoms with Crippen LogP contribution in [-0.4, -0.2) is 24.9 Å². The van der Waals surface area contributed by atoms with Crippen LogP contribution in [0.5, 0.6) is 0 Å². The van der Waals surface area contributed by atoms with Gasteiger partial charge >= 0.3 is 0 Å². The molecule has 0 spiro atoms. The molecular weight excluding hydrogens is 348 g/mol. The normalized spacial score (nSPS) is 11.2. The summed E-state index contributed by atoms with van der Waals surface area (Å²) in [6, 6.07) is 15.9. The zero-order valence-corrected chi connectivity index (χ0v) is 18.0. The van der Waals surface area contributed by atoms with Crippen LogP contribution in [0.25, 0.3) is 0 Å². The monoisotopic (exact) mass is 380 g/mol. The summed E-state index contributed by atoms with van der Waals surface area (Å²) in [7, 11) is 0. The highest BCUT2D eigenvalue weighted by atomic mass is 16.2. The SMILES string of the molecule is CCN(C(=O)CCN(C(C)=O)c1ccccc1C(C)(C)C)c1cccc(C)c1. The van der Waals surface area contributed by atoms with E-state index in [1.165, 1.54) is 0 Å². The third-order valence-electron chi connectivity index (χ3n) is 4.86. The van der Waals surface area contributed by atoms with Crippen LogP contribution in [0.15, 0.2) is 48.5 Å². The fourth-order valence-corrected chi connectivity index (χ4v) is 3.43. The Morgan fingerprint density at radius 3 is 2.21 bits per heavy atom. The first kappa shape index (κ1) is 21.7. The fraction of sp³-hybridized carbons (Fsp3) is 0.417. The minimum absolute atomic E-state index is 0.0209. The number of amides is 2. The highest BCUT2D eigenvalue weighted by Gasteiger charge is 2.24. The summed E-state index contributed by atoms with van der Waals surface area (Å²) in [5.74, 6) is -0.0318. The van der Waals surface area contributed by atoms with Gasteiger partial charge in [-0.1, -0.05) is 51.1 Å². The highest BCUT2D eigenvalue weighted by molar-refractivity contribution is 5.96. The summed E-state index contributed by atoms with van der Waals surface area (Å²) < 4.78 is 0. The van der Waals surface area contributed by atoms with Gasteiger partial charge in [-0.05, 0) is 48.6 Å². The first-order valence-electron chi connectivity index (χ1n) is 9.89. The number of hydrogen-bond acceptors (Lipinski definition) is 2. The number of carbonyl (C=O) groups excluding carboxylic acids is 2. The van der Waals surface area contributed by atoms with Crippen molar-refractivity contribution in [2.24, 2.45) is 0 Å². The second kappa shape index (κ2) is 9.05. The summed E-state index contributed by atoms with van der Waals surface area (Å²) in [6.07, 6.45) is 0.278. The molecule has 0 aliphatic rings. The van der Waals surface area contributed by atoms with Gasteiger partial charge in [0.1, 0.15) is 0 Å². The van der Waals surface area contributed by atoms with E-state index in [0.717, 1.165) is 22.5 Å². The molecule has 0 fully saturated rings. The van der Waals surface area contributed by atoms with E-state index in [-0.39, 0.29) is 23.7 Å². The van der Waals surface area contributed by atoms with Crippen molar-refractivity contribution < 1.29 is 9.59 Å². The van der Waals surface area contributed by atoms with Crippen molar-refractivity contribution in [2.75, 3.05) is 22.9 Å². The summed E-state index contributed by atoms with van der Waals surface area (Å²) in [5.41, 5.74) is 3.91. The van der Waals surface area contributed by atoms with Gasteiger partial charge in [0.05, 0.1) is 0 Å². The van der Waals surface area contributed by atoms with Gasteiger partial charge in [-0.2, -0.15) is 0 Å². The molecule has 0 radical (unpaired) electrons. The Labute approximate surface area is 169 Å². The molecule has 28 heavy (non-hydrogen) atoms. The van der Waals surface area contributed by atoms with Crippen LogP contribution >= 0.6 is 0 Å². The Bertz CT molecular complexity index is 836. The van der Waals surface area contributed by atoms with Crippen molar-refractivity contribution in [3.05, 3.63) is 59.7 Å². The zero-order valence-electron chi connectivity index (χ0n) is 18.0. The van der Waals surface area contributed by atoms with E-state index in [4.69, 9.17) is 0 Å². The van der Waals surface area contributed by atoms with Crippen molar-refractivity contribution in [2.45, 2.75) is 53.4 Å². The standard InChI is InChI=1S/C24H32N2O2/c1-7-25(20-12-10-11-18(2)17-20)23(28)15-16-26(19(3)27)22-14-9-8-13-21(22)24(4,5)6/h8-14,17H,7,15-16H2,1-6H3. The molecule has 2 aromatic rings. The number of carbonyl (C=O) groups is 2. The molecule has 150 valence electrons. The third kappa shape index (κ3) is 5.22. The van der Waals surface area contributed by atoms with Crippen molar-refractivity contribution in [3.8, 4) is 0 Å². The molecule has 0 aliphatic heterocycles. The molecule has 4 heteroatoms. The van der Waals surface area contributed by atoms with Gasteiger partial charge in [0.2, 0.25) is 11.8 Å². The van der Waals surface area contributed by atoms with E-state index in [9.17, 15) is 9.59 Å². The molecule has 2 amide bonds. The zero-order chi connectivity index (χ0) is 20.9. The largest absolute Gasteiger partial charge is 0.313 e. The van der Waals surface area contributed by atoms with Gasteiger partial charge in [0, 0.05) is 37.8 Å². The lowest BCUT2D eigenvalue weighted by atomic mass is 9.85. The van der Waals surface area contributed by atoms with Crippen LogP contribution in [0.1, 0.15) is 52.2 Å². The van der Waals surface area contributed by atoms with E-state index in [0.29, 0.717) is 13.1 Å². The Hall–Kier alpha value is -2.62. The van der Waals surface area contributed by atoms with Crippen LogP contribution in [0, 0.1) is 6.92 Å². The van der Waals surface area contributed by atoms with Crippen LogP contribution in [0.3, 0.4) is 0 Å². The molecular formula is C24H32N2O2. The van der Waals surface area contributed by atoms with Crippen molar-refractivity contribution >= 4 is 23.2 Å². The van der Waals surface area contributed by atoms with Crippen LogP contribution < -0.4 is 9.80 Å². The molecule has 0 heterocycles. The Balaban J connectivity index is 2.22. The quantitative estimate of drug-likeness (QED) is 0.700. The van der Waals surface area contributed by atoms with E-state index in [1.807, 2.05) is 56.3 Å². The molecule has 0 bridgehead atoms. The first-order valence-corrected chi connectivity index (χ1v) is 9.89. The van der Waals surface area contributed by atoms with Gasteiger partial charge in [0.15, 0.2) is 0 Å². The van der Waals surface area contributed by atoms with Crippen LogP contribution in [0.2, 0.25) is 0 Å². The van der Waals surface area contributed by atoms with Gasteiger partial charge in [-0.15, -0.1) is 0 Å². The maximum atomic E-state index is 12.9.